The van der Waals surface area contributed by atoms with Gasteiger partial charge in [-0.15, -0.1) is 0 Å². The van der Waals surface area contributed by atoms with E-state index in [-0.39, 0.29) is 5.91 Å². The quantitative estimate of drug-likeness (QED) is 0.716. The number of para-hydroxylation sites is 1. The molecule has 3 aromatic rings. The molecular formula is C20H21N5O. The van der Waals surface area contributed by atoms with Gasteiger partial charge in [0.25, 0.3) is 5.91 Å². The zero-order valence-electron chi connectivity index (χ0n) is 14.9. The molecule has 0 bridgehead atoms. The minimum Gasteiger partial charge on any atom is -0.331 e. The van der Waals surface area contributed by atoms with Crippen molar-refractivity contribution in [2.45, 2.75) is 39.3 Å². The van der Waals surface area contributed by atoms with E-state index in [2.05, 4.69) is 9.78 Å². The molecule has 132 valence electrons. The molecule has 5 rings (SSSR count). The molecule has 1 amide bonds. The number of rotatable bonds is 2. The Hall–Kier alpha value is -2.89. The van der Waals surface area contributed by atoms with E-state index >= 15 is 0 Å². The van der Waals surface area contributed by atoms with E-state index in [1.165, 1.54) is 23.4 Å². The molecule has 0 spiro atoms. The van der Waals surface area contributed by atoms with Crippen molar-refractivity contribution in [1.29, 1.82) is 0 Å². The molecule has 0 unspecified atom stereocenters. The van der Waals surface area contributed by atoms with Gasteiger partial charge in [0.15, 0.2) is 0 Å². The van der Waals surface area contributed by atoms with E-state index in [0.29, 0.717) is 18.7 Å². The van der Waals surface area contributed by atoms with Crippen molar-refractivity contribution in [3.8, 4) is 5.69 Å². The Labute approximate surface area is 152 Å². The van der Waals surface area contributed by atoms with Gasteiger partial charge in [-0.05, 0) is 43.9 Å². The monoisotopic (exact) mass is 347 g/mol. The van der Waals surface area contributed by atoms with E-state index in [0.717, 1.165) is 30.8 Å². The minimum absolute atomic E-state index is 0.0591. The third-order valence-corrected chi connectivity index (χ3v) is 5.54. The summed E-state index contributed by atoms with van der Waals surface area (Å²) in [5.41, 5.74) is 6.37. The van der Waals surface area contributed by atoms with Crippen LogP contribution in [-0.4, -0.2) is 36.9 Å². The van der Waals surface area contributed by atoms with Gasteiger partial charge in [0.05, 0.1) is 47.6 Å². The summed E-state index contributed by atoms with van der Waals surface area (Å²) >= 11 is 0. The molecule has 0 radical (unpaired) electrons. The summed E-state index contributed by atoms with van der Waals surface area (Å²) in [6.07, 6.45) is 5.05. The SMILES string of the molecule is Cc1c(C(=O)N2CCn3nc4c(c3C2)CCC4)cnn1-c1ccccc1. The number of nitrogens with zero attached hydrogens (tertiary/aromatic N) is 5. The zero-order chi connectivity index (χ0) is 17.7. The lowest BCUT2D eigenvalue weighted by Crippen LogP contribution is -2.39. The fourth-order valence-electron chi connectivity index (χ4n) is 4.14. The number of hydrogen-bond donors (Lipinski definition) is 0. The average Bonchev–Trinajstić information content (AvgIpc) is 3.36. The minimum atomic E-state index is 0.0591. The number of hydrogen-bond acceptors (Lipinski definition) is 3. The highest BCUT2D eigenvalue weighted by Crippen LogP contribution is 2.28. The van der Waals surface area contributed by atoms with Crippen LogP contribution in [0.4, 0.5) is 0 Å². The van der Waals surface area contributed by atoms with Crippen LogP contribution in [0.1, 0.15) is 39.4 Å². The van der Waals surface area contributed by atoms with E-state index in [1.807, 2.05) is 46.8 Å². The summed E-state index contributed by atoms with van der Waals surface area (Å²) in [5, 5.41) is 9.17. The van der Waals surface area contributed by atoms with Crippen molar-refractivity contribution < 1.29 is 4.79 Å². The molecule has 0 atom stereocenters. The van der Waals surface area contributed by atoms with Crippen LogP contribution in [0.2, 0.25) is 0 Å². The van der Waals surface area contributed by atoms with Crippen LogP contribution >= 0.6 is 0 Å². The molecule has 26 heavy (non-hydrogen) atoms. The van der Waals surface area contributed by atoms with Gasteiger partial charge in [0.1, 0.15) is 0 Å². The van der Waals surface area contributed by atoms with Crippen LogP contribution in [-0.2, 0) is 25.9 Å². The summed E-state index contributed by atoms with van der Waals surface area (Å²) in [6.45, 7) is 4.08. The molecule has 1 aliphatic heterocycles. The molecule has 1 aromatic carbocycles. The lowest BCUT2D eigenvalue weighted by atomic mass is 10.1. The first-order valence-corrected chi connectivity index (χ1v) is 9.19. The number of amides is 1. The summed E-state index contributed by atoms with van der Waals surface area (Å²) in [7, 11) is 0. The molecule has 3 heterocycles. The van der Waals surface area contributed by atoms with Crippen LogP contribution < -0.4 is 0 Å². The smallest absolute Gasteiger partial charge is 0.257 e. The summed E-state index contributed by atoms with van der Waals surface area (Å²) in [6, 6.07) is 9.92. The summed E-state index contributed by atoms with van der Waals surface area (Å²) < 4.78 is 3.94. The molecule has 1 aliphatic carbocycles. The summed E-state index contributed by atoms with van der Waals surface area (Å²) in [5.74, 6) is 0.0591. The Balaban J connectivity index is 1.43. The van der Waals surface area contributed by atoms with Crippen LogP contribution in [0.25, 0.3) is 5.69 Å². The van der Waals surface area contributed by atoms with Crippen molar-refractivity contribution in [1.82, 2.24) is 24.5 Å². The molecule has 0 fully saturated rings. The van der Waals surface area contributed by atoms with Gasteiger partial charge in [0, 0.05) is 6.54 Å². The second-order valence-corrected chi connectivity index (χ2v) is 7.07. The molecule has 2 aromatic heterocycles. The third kappa shape index (κ3) is 2.29. The maximum absolute atomic E-state index is 13.1. The number of carbonyl (C=O) groups excluding carboxylic acids is 1. The molecule has 6 heteroatoms. The molecule has 0 saturated heterocycles. The fraction of sp³-hybridized carbons (Fsp3) is 0.350. The molecule has 6 nitrogen and oxygen atoms in total. The van der Waals surface area contributed by atoms with Gasteiger partial charge in [-0.1, -0.05) is 18.2 Å². The Morgan fingerprint density at radius 3 is 2.81 bits per heavy atom. The number of aryl methyl sites for hydroxylation is 1. The Kier molecular flexibility index (Phi) is 3.45. The molecule has 0 saturated carbocycles. The van der Waals surface area contributed by atoms with E-state index in [4.69, 9.17) is 5.10 Å². The van der Waals surface area contributed by atoms with Crippen molar-refractivity contribution in [2.75, 3.05) is 6.54 Å². The van der Waals surface area contributed by atoms with Crippen LogP contribution in [0, 0.1) is 6.92 Å². The number of benzene rings is 1. The number of fused-ring (bicyclic) bond motifs is 3. The zero-order valence-corrected chi connectivity index (χ0v) is 14.9. The Morgan fingerprint density at radius 2 is 1.96 bits per heavy atom. The number of aromatic nitrogens is 4. The van der Waals surface area contributed by atoms with Crippen LogP contribution in [0.5, 0.6) is 0 Å². The standard InChI is InChI=1S/C20H21N5O/c1-14-17(12-21-25(14)15-6-3-2-4-7-15)20(26)23-10-11-24-19(13-23)16-8-5-9-18(16)22-24/h2-4,6-7,12H,5,8-11,13H2,1H3. The first-order chi connectivity index (χ1) is 12.7. The molecule has 2 aliphatic rings. The largest absolute Gasteiger partial charge is 0.331 e. The van der Waals surface area contributed by atoms with Gasteiger partial charge in [0.2, 0.25) is 0 Å². The highest BCUT2D eigenvalue weighted by Gasteiger charge is 2.30. The summed E-state index contributed by atoms with van der Waals surface area (Å²) in [4.78, 5) is 15.1. The predicted molar refractivity (Wildman–Crippen MR) is 97.3 cm³/mol. The predicted octanol–water partition coefficient (Wildman–Crippen LogP) is 2.52. The second-order valence-electron chi connectivity index (χ2n) is 7.07. The Bertz CT molecular complexity index is 985. The average molecular weight is 347 g/mol. The van der Waals surface area contributed by atoms with Gasteiger partial charge >= 0.3 is 0 Å². The highest BCUT2D eigenvalue weighted by atomic mass is 16.2. The third-order valence-electron chi connectivity index (χ3n) is 5.54. The van der Waals surface area contributed by atoms with E-state index < -0.39 is 0 Å². The van der Waals surface area contributed by atoms with E-state index in [1.54, 1.807) is 6.20 Å². The van der Waals surface area contributed by atoms with Crippen molar-refractivity contribution in [3.63, 3.8) is 0 Å². The van der Waals surface area contributed by atoms with E-state index in [9.17, 15) is 4.79 Å². The van der Waals surface area contributed by atoms with Crippen LogP contribution in [0.3, 0.4) is 0 Å². The number of carbonyl (C=O) groups is 1. The first-order valence-electron chi connectivity index (χ1n) is 9.19. The maximum Gasteiger partial charge on any atom is 0.257 e. The van der Waals surface area contributed by atoms with Crippen molar-refractivity contribution >= 4 is 5.91 Å². The molecule has 0 N–H and O–H groups in total. The lowest BCUT2D eigenvalue weighted by Gasteiger charge is -2.28. The normalized spacial score (nSPS) is 15.8. The van der Waals surface area contributed by atoms with Gasteiger partial charge < -0.3 is 4.90 Å². The Morgan fingerprint density at radius 1 is 1.12 bits per heavy atom. The van der Waals surface area contributed by atoms with Crippen LogP contribution in [0.15, 0.2) is 36.5 Å². The second kappa shape index (κ2) is 5.83. The topological polar surface area (TPSA) is 56.0 Å². The maximum atomic E-state index is 13.1. The van der Waals surface area contributed by atoms with Crippen molar-refractivity contribution in [2.24, 2.45) is 0 Å². The fourth-order valence-corrected chi connectivity index (χ4v) is 4.14. The van der Waals surface area contributed by atoms with Crippen molar-refractivity contribution in [3.05, 3.63) is 64.7 Å². The van der Waals surface area contributed by atoms with Gasteiger partial charge in [-0.3, -0.25) is 9.48 Å². The molecular weight excluding hydrogens is 326 g/mol. The van der Waals surface area contributed by atoms with Gasteiger partial charge in [-0.25, -0.2) is 4.68 Å². The highest BCUT2D eigenvalue weighted by molar-refractivity contribution is 5.95. The van der Waals surface area contributed by atoms with Gasteiger partial charge in [-0.2, -0.15) is 10.2 Å². The lowest BCUT2D eigenvalue weighted by molar-refractivity contribution is 0.0704. The first kappa shape index (κ1) is 15.4.